The van der Waals surface area contributed by atoms with Crippen molar-refractivity contribution in [2.45, 2.75) is 56.8 Å². The SMILES string of the molecule is O=C1C=CC(C23CCC(c4cccc5ccccc45)(CC2)CC3)CC1. The highest BCUT2D eigenvalue weighted by Crippen LogP contribution is 2.62. The number of rotatable bonds is 2. The van der Waals surface area contributed by atoms with Crippen LogP contribution in [0, 0.1) is 11.3 Å². The van der Waals surface area contributed by atoms with Gasteiger partial charge in [-0.15, -0.1) is 0 Å². The molecule has 2 aromatic carbocycles. The Morgan fingerprint density at radius 1 is 0.840 bits per heavy atom. The van der Waals surface area contributed by atoms with Crippen molar-refractivity contribution in [3.63, 3.8) is 0 Å². The van der Waals surface area contributed by atoms with Crippen LogP contribution in [0.2, 0.25) is 0 Å². The van der Waals surface area contributed by atoms with Crippen LogP contribution in [0.1, 0.15) is 56.9 Å². The Morgan fingerprint density at radius 2 is 1.56 bits per heavy atom. The first kappa shape index (κ1) is 15.4. The van der Waals surface area contributed by atoms with Gasteiger partial charge in [-0.2, -0.15) is 0 Å². The number of fused-ring (bicyclic) bond motifs is 4. The van der Waals surface area contributed by atoms with Crippen molar-refractivity contribution >= 4 is 16.6 Å². The minimum atomic E-state index is 0.323. The molecule has 0 aromatic heterocycles. The molecule has 2 aromatic rings. The first-order chi connectivity index (χ1) is 12.2. The van der Waals surface area contributed by atoms with Gasteiger partial charge in [0.05, 0.1) is 0 Å². The lowest BCUT2D eigenvalue weighted by Crippen LogP contribution is -2.47. The summed E-state index contributed by atoms with van der Waals surface area (Å²) in [5, 5.41) is 2.84. The lowest BCUT2D eigenvalue weighted by atomic mass is 9.48. The smallest absolute Gasteiger partial charge is 0.155 e. The van der Waals surface area contributed by atoms with Gasteiger partial charge in [-0.05, 0) is 84.1 Å². The molecule has 1 unspecified atom stereocenters. The number of hydrogen-bond acceptors (Lipinski definition) is 1. The third-order valence-electron chi connectivity index (χ3n) is 7.67. The van der Waals surface area contributed by atoms with Gasteiger partial charge in [0.15, 0.2) is 5.78 Å². The molecule has 3 fully saturated rings. The molecule has 0 radical (unpaired) electrons. The molecule has 25 heavy (non-hydrogen) atoms. The van der Waals surface area contributed by atoms with Gasteiger partial charge >= 0.3 is 0 Å². The van der Waals surface area contributed by atoms with E-state index >= 15 is 0 Å². The molecule has 1 heteroatoms. The maximum absolute atomic E-state index is 11.6. The molecule has 0 heterocycles. The molecule has 0 saturated heterocycles. The van der Waals surface area contributed by atoms with Crippen molar-refractivity contribution in [2.24, 2.45) is 11.3 Å². The molecule has 6 rings (SSSR count). The van der Waals surface area contributed by atoms with Crippen molar-refractivity contribution in [3.8, 4) is 0 Å². The fourth-order valence-electron chi connectivity index (χ4n) is 6.07. The van der Waals surface area contributed by atoms with Crippen LogP contribution < -0.4 is 0 Å². The first-order valence-corrected chi connectivity index (χ1v) is 9.90. The number of benzene rings is 2. The molecule has 1 atom stereocenters. The second-order valence-corrected chi connectivity index (χ2v) is 8.64. The highest BCUT2D eigenvalue weighted by molar-refractivity contribution is 5.90. The fourth-order valence-corrected chi connectivity index (χ4v) is 6.07. The highest BCUT2D eigenvalue weighted by atomic mass is 16.1. The van der Waals surface area contributed by atoms with E-state index in [2.05, 4.69) is 48.5 Å². The fraction of sp³-hybridized carbons (Fsp3) is 0.458. The Morgan fingerprint density at radius 3 is 2.28 bits per heavy atom. The lowest BCUT2D eigenvalue weighted by Gasteiger charge is -2.57. The summed E-state index contributed by atoms with van der Waals surface area (Å²) >= 11 is 0. The maximum atomic E-state index is 11.6. The van der Waals surface area contributed by atoms with Crippen LogP contribution >= 0.6 is 0 Å². The van der Waals surface area contributed by atoms with E-state index in [1.165, 1.54) is 49.3 Å². The topological polar surface area (TPSA) is 17.1 Å². The Hall–Kier alpha value is -1.89. The molecular weight excluding hydrogens is 304 g/mol. The predicted octanol–water partition coefficient (Wildman–Crippen LogP) is 5.97. The van der Waals surface area contributed by atoms with Gasteiger partial charge in [0.25, 0.3) is 0 Å². The van der Waals surface area contributed by atoms with Crippen molar-refractivity contribution in [1.29, 1.82) is 0 Å². The molecule has 0 spiro atoms. The molecular formula is C24H26O. The van der Waals surface area contributed by atoms with Gasteiger partial charge < -0.3 is 0 Å². The van der Waals surface area contributed by atoms with Gasteiger partial charge in [0.1, 0.15) is 0 Å². The third-order valence-corrected chi connectivity index (χ3v) is 7.67. The van der Waals surface area contributed by atoms with E-state index < -0.39 is 0 Å². The summed E-state index contributed by atoms with van der Waals surface area (Å²) in [6.07, 6.45) is 13.9. The Bertz CT molecular complexity index is 830. The first-order valence-electron chi connectivity index (χ1n) is 9.90. The zero-order valence-electron chi connectivity index (χ0n) is 14.8. The largest absolute Gasteiger partial charge is 0.295 e. The van der Waals surface area contributed by atoms with Gasteiger partial charge in [-0.25, -0.2) is 0 Å². The second kappa shape index (κ2) is 5.56. The number of carbonyl (C=O) groups is 1. The summed E-state index contributed by atoms with van der Waals surface area (Å²) in [4.78, 5) is 11.6. The quantitative estimate of drug-likeness (QED) is 0.663. The Labute approximate surface area is 150 Å². The summed E-state index contributed by atoms with van der Waals surface area (Å²) in [5.74, 6) is 0.959. The van der Waals surface area contributed by atoms with E-state index in [-0.39, 0.29) is 0 Å². The molecule has 0 N–H and O–H groups in total. The van der Waals surface area contributed by atoms with Crippen LogP contribution in [-0.4, -0.2) is 5.78 Å². The summed E-state index contributed by atoms with van der Waals surface area (Å²) in [7, 11) is 0. The molecule has 3 saturated carbocycles. The molecule has 1 nitrogen and oxygen atoms in total. The summed E-state index contributed by atoms with van der Waals surface area (Å²) in [6.45, 7) is 0. The van der Waals surface area contributed by atoms with Gasteiger partial charge in [-0.3, -0.25) is 4.79 Å². The van der Waals surface area contributed by atoms with Crippen LogP contribution in [0.25, 0.3) is 10.8 Å². The van der Waals surface area contributed by atoms with Gasteiger partial charge in [0.2, 0.25) is 0 Å². The number of hydrogen-bond donors (Lipinski definition) is 0. The highest BCUT2D eigenvalue weighted by Gasteiger charge is 2.52. The monoisotopic (exact) mass is 330 g/mol. The minimum Gasteiger partial charge on any atom is -0.295 e. The van der Waals surface area contributed by atoms with Gasteiger partial charge in [0, 0.05) is 6.42 Å². The zero-order chi connectivity index (χ0) is 16.9. The number of allylic oxidation sites excluding steroid dienone is 2. The van der Waals surface area contributed by atoms with E-state index in [4.69, 9.17) is 0 Å². The molecule has 0 amide bonds. The molecule has 4 aliphatic carbocycles. The summed E-state index contributed by atoms with van der Waals surface area (Å²) in [6, 6.07) is 15.8. The number of ketones is 1. The van der Waals surface area contributed by atoms with E-state index in [9.17, 15) is 4.79 Å². The maximum Gasteiger partial charge on any atom is 0.155 e. The van der Waals surface area contributed by atoms with Gasteiger partial charge in [-0.1, -0.05) is 48.5 Å². The van der Waals surface area contributed by atoms with Crippen LogP contribution in [0.5, 0.6) is 0 Å². The van der Waals surface area contributed by atoms with Crippen molar-refractivity contribution in [2.75, 3.05) is 0 Å². The Kier molecular flexibility index (Phi) is 3.42. The standard InChI is InChI=1S/C24H26O/c25-20-10-8-19(9-11-20)23-12-15-24(16-13-23,17-14-23)22-7-3-5-18-4-1-2-6-21(18)22/h1-8,10,19H,9,11-17H2. The van der Waals surface area contributed by atoms with Crippen molar-refractivity contribution in [3.05, 3.63) is 60.2 Å². The zero-order valence-corrected chi connectivity index (χ0v) is 14.8. The van der Waals surface area contributed by atoms with E-state index in [1.54, 1.807) is 5.56 Å². The van der Waals surface area contributed by atoms with Crippen LogP contribution in [0.15, 0.2) is 54.6 Å². The third kappa shape index (κ3) is 2.32. The van der Waals surface area contributed by atoms with Crippen molar-refractivity contribution < 1.29 is 4.79 Å². The van der Waals surface area contributed by atoms with Crippen LogP contribution in [0.4, 0.5) is 0 Å². The molecule has 4 aliphatic rings. The number of carbonyl (C=O) groups excluding carboxylic acids is 1. The average molecular weight is 330 g/mol. The summed E-state index contributed by atoms with van der Waals surface area (Å²) < 4.78 is 0. The Balaban J connectivity index is 1.47. The molecule has 0 aliphatic heterocycles. The minimum absolute atomic E-state index is 0.323. The van der Waals surface area contributed by atoms with E-state index in [0.29, 0.717) is 22.5 Å². The van der Waals surface area contributed by atoms with E-state index in [0.717, 1.165) is 12.8 Å². The summed E-state index contributed by atoms with van der Waals surface area (Å²) in [5.41, 5.74) is 2.45. The molecule has 2 bridgehead atoms. The molecule has 128 valence electrons. The lowest BCUT2D eigenvalue weighted by molar-refractivity contribution is -0.115. The predicted molar refractivity (Wildman–Crippen MR) is 103 cm³/mol. The van der Waals surface area contributed by atoms with E-state index in [1.807, 2.05) is 6.08 Å². The average Bonchev–Trinajstić information content (AvgIpc) is 2.69. The normalized spacial score (nSPS) is 34.6. The second-order valence-electron chi connectivity index (χ2n) is 8.64. The van der Waals surface area contributed by atoms with Crippen LogP contribution in [-0.2, 0) is 10.2 Å². The van der Waals surface area contributed by atoms with Crippen molar-refractivity contribution in [1.82, 2.24) is 0 Å². The van der Waals surface area contributed by atoms with Crippen LogP contribution in [0.3, 0.4) is 0 Å².